The maximum Gasteiger partial charge on any atom is 0.323 e. The van der Waals surface area contributed by atoms with Crippen molar-refractivity contribution in [3.63, 3.8) is 0 Å². The molecule has 4 nitrogen and oxygen atoms in total. The molecule has 0 aromatic carbocycles. The smallest absolute Gasteiger partial charge is 0.305 e. The first-order chi connectivity index (χ1) is 4.94. The lowest BCUT2D eigenvalue weighted by Gasteiger charge is -2.28. The summed E-state index contributed by atoms with van der Waals surface area (Å²) in [5, 5.41) is 3.18. The van der Waals surface area contributed by atoms with Crippen LogP contribution in [0, 0.1) is 0 Å². The second-order valence-electron chi connectivity index (χ2n) is 2.37. The number of hydrogen-bond donors (Lipinski definition) is 2. The Morgan fingerprint density at radius 3 is 2.55 bits per heavy atom. The molecule has 1 aliphatic rings. The molecule has 6 heteroatoms. The van der Waals surface area contributed by atoms with Gasteiger partial charge in [0.1, 0.15) is 0 Å². The predicted molar refractivity (Wildman–Crippen MR) is 31.1 cm³/mol. The third-order valence-electron chi connectivity index (χ3n) is 1.40. The van der Waals surface area contributed by atoms with Gasteiger partial charge in [-0.2, -0.15) is 0 Å². The average molecular weight is 164 g/mol. The number of carbonyl (C=O) groups excluding carboxylic acids is 2. The molecule has 0 aliphatic carbocycles. The Morgan fingerprint density at radius 2 is 2.09 bits per heavy atom. The van der Waals surface area contributed by atoms with E-state index in [0.717, 1.165) is 6.92 Å². The Bertz CT molecular complexity index is 217. The number of halogens is 2. The first-order valence-electron chi connectivity index (χ1n) is 2.89. The highest BCUT2D eigenvalue weighted by Gasteiger charge is 2.47. The quantitative estimate of drug-likeness (QED) is 0.489. The van der Waals surface area contributed by atoms with E-state index in [1.165, 1.54) is 0 Å². The van der Waals surface area contributed by atoms with Gasteiger partial charge in [0.15, 0.2) is 0 Å². The summed E-state index contributed by atoms with van der Waals surface area (Å²) in [7, 11) is 0. The van der Waals surface area contributed by atoms with Crippen molar-refractivity contribution in [2.75, 3.05) is 0 Å². The fraction of sp³-hybridized carbons (Fsp3) is 0.600. The van der Waals surface area contributed by atoms with Crippen molar-refractivity contribution in [2.24, 2.45) is 0 Å². The summed E-state index contributed by atoms with van der Waals surface area (Å²) in [6.45, 7) is 0.756. The first kappa shape index (κ1) is 7.90. The van der Waals surface area contributed by atoms with Gasteiger partial charge in [-0.3, -0.25) is 10.1 Å². The summed E-state index contributed by atoms with van der Waals surface area (Å²) in [4.78, 5) is 20.9. The molecule has 2 atom stereocenters. The van der Waals surface area contributed by atoms with Gasteiger partial charge >= 0.3 is 6.03 Å². The zero-order valence-electron chi connectivity index (χ0n) is 5.65. The third kappa shape index (κ3) is 1.15. The molecule has 0 unspecified atom stereocenters. The number of imide groups is 1. The van der Waals surface area contributed by atoms with Crippen LogP contribution in [0.1, 0.15) is 6.92 Å². The normalized spacial score (nSPS) is 37.9. The molecular formula is C5H6F2N2O2. The molecule has 0 spiro atoms. The number of nitrogens with one attached hydrogen (secondary N) is 2. The van der Waals surface area contributed by atoms with E-state index in [0.29, 0.717) is 0 Å². The van der Waals surface area contributed by atoms with Gasteiger partial charge in [0.2, 0.25) is 12.0 Å². The Kier molecular flexibility index (Phi) is 1.54. The van der Waals surface area contributed by atoms with Gasteiger partial charge in [-0.25, -0.2) is 13.6 Å². The first-order valence-corrected chi connectivity index (χ1v) is 2.89. The number of carbonyl (C=O) groups is 2. The van der Waals surface area contributed by atoms with Crippen molar-refractivity contribution in [1.29, 1.82) is 0 Å². The molecule has 1 fully saturated rings. The minimum Gasteiger partial charge on any atom is -0.305 e. The SMILES string of the molecule is C[C@@]1(F)C(=O)NC(=O)N[C@@H]1F. The highest BCUT2D eigenvalue weighted by molar-refractivity contribution is 6.01. The number of rotatable bonds is 0. The highest BCUT2D eigenvalue weighted by Crippen LogP contribution is 2.19. The molecule has 11 heavy (non-hydrogen) atoms. The monoisotopic (exact) mass is 164 g/mol. The second kappa shape index (κ2) is 2.14. The van der Waals surface area contributed by atoms with Crippen LogP contribution in [0.4, 0.5) is 13.6 Å². The number of alkyl halides is 2. The molecule has 1 heterocycles. The largest absolute Gasteiger partial charge is 0.323 e. The predicted octanol–water partition coefficient (Wildman–Crippen LogP) is -0.150. The van der Waals surface area contributed by atoms with Crippen LogP contribution >= 0.6 is 0 Å². The van der Waals surface area contributed by atoms with Crippen molar-refractivity contribution in [1.82, 2.24) is 10.6 Å². The van der Waals surface area contributed by atoms with E-state index in [4.69, 9.17) is 0 Å². The van der Waals surface area contributed by atoms with Crippen molar-refractivity contribution < 1.29 is 18.4 Å². The maximum absolute atomic E-state index is 12.8. The van der Waals surface area contributed by atoms with Crippen LogP contribution in [0.25, 0.3) is 0 Å². The molecule has 0 saturated carbocycles. The number of hydrogen-bond acceptors (Lipinski definition) is 2. The Balaban J connectivity index is 2.84. The minimum atomic E-state index is -2.67. The van der Waals surface area contributed by atoms with Crippen LogP contribution in [0.2, 0.25) is 0 Å². The van der Waals surface area contributed by atoms with E-state index in [1.807, 2.05) is 0 Å². The molecular weight excluding hydrogens is 158 g/mol. The summed E-state index contributed by atoms with van der Waals surface area (Å²) in [6, 6.07) is -1.02. The molecule has 1 rings (SSSR count). The minimum absolute atomic E-state index is 0.756. The summed E-state index contributed by atoms with van der Waals surface area (Å²) >= 11 is 0. The van der Waals surface area contributed by atoms with Gasteiger partial charge in [-0.15, -0.1) is 0 Å². The molecule has 0 aromatic rings. The molecule has 0 bridgehead atoms. The van der Waals surface area contributed by atoms with Crippen molar-refractivity contribution >= 4 is 11.9 Å². The van der Waals surface area contributed by atoms with Crippen molar-refractivity contribution in [2.45, 2.75) is 18.9 Å². The lowest BCUT2D eigenvalue weighted by molar-refractivity contribution is -0.137. The van der Waals surface area contributed by atoms with Gasteiger partial charge in [-0.05, 0) is 6.92 Å². The third-order valence-corrected chi connectivity index (χ3v) is 1.40. The van der Waals surface area contributed by atoms with Crippen LogP contribution in [-0.4, -0.2) is 23.9 Å². The summed E-state index contributed by atoms with van der Waals surface area (Å²) < 4.78 is 25.3. The standard InChI is InChI=1S/C5H6F2N2O2/c1-5(7)2(6)8-4(11)9-3(5)10/h2H,1H3,(H2,8,9,10,11)/t2-,5-/m0/s1. The maximum atomic E-state index is 12.8. The molecule has 0 aromatic heterocycles. The van der Waals surface area contributed by atoms with E-state index < -0.39 is 23.9 Å². The van der Waals surface area contributed by atoms with Gasteiger partial charge in [0.25, 0.3) is 5.91 Å². The van der Waals surface area contributed by atoms with Crippen molar-refractivity contribution in [3.05, 3.63) is 0 Å². The highest BCUT2D eigenvalue weighted by atomic mass is 19.2. The Hall–Kier alpha value is -1.20. The van der Waals surface area contributed by atoms with E-state index in [9.17, 15) is 18.4 Å². The van der Waals surface area contributed by atoms with Crippen LogP contribution in [0.3, 0.4) is 0 Å². The van der Waals surface area contributed by atoms with Crippen LogP contribution < -0.4 is 10.6 Å². The van der Waals surface area contributed by atoms with E-state index in [2.05, 4.69) is 0 Å². The number of amides is 3. The average Bonchev–Trinajstić information content (AvgIpc) is 1.84. The molecule has 2 N–H and O–H groups in total. The van der Waals surface area contributed by atoms with Crippen molar-refractivity contribution in [3.8, 4) is 0 Å². The molecule has 3 amide bonds. The van der Waals surface area contributed by atoms with Gasteiger partial charge < -0.3 is 5.32 Å². The van der Waals surface area contributed by atoms with Gasteiger partial charge in [-0.1, -0.05) is 0 Å². The topological polar surface area (TPSA) is 58.2 Å². The van der Waals surface area contributed by atoms with Crippen LogP contribution in [0.15, 0.2) is 0 Å². The Morgan fingerprint density at radius 1 is 1.55 bits per heavy atom. The zero-order valence-corrected chi connectivity index (χ0v) is 5.65. The Labute approximate surface area is 60.9 Å². The summed E-state index contributed by atoms with van der Waals surface area (Å²) in [5.74, 6) is -1.26. The number of urea groups is 1. The van der Waals surface area contributed by atoms with E-state index >= 15 is 0 Å². The van der Waals surface area contributed by atoms with Gasteiger partial charge in [0, 0.05) is 0 Å². The molecule has 1 saturated heterocycles. The molecule has 1 aliphatic heterocycles. The lowest BCUT2D eigenvalue weighted by atomic mass is 10.1. The van der Waals surface area contributed by atoms with Crippen LogP contribution in [0.5, 0.6) is 0 Å². The summed E-state index contributed by atoms with van der Waals surface area (Å²) in [6.07, 6.45) is -2.27. The molecule has 62 valence electrons. The van der Waals surface area contributed by atoms with E-state index in [1.54, 1.807) is 10.6 Å². The summed E-state index contributed by atoms with van der Waals surface area (Å²) in [5.41, 5.74) is -2.67. The zero-order chi connectivity index (χ0) is 8.65. The van der Waals surface area contributed by atoms with Crippen LogP contribution in [-0.2, 0) is 4.79 Å². The van der Waals surface area contributed by atoms with E-state index in [-0.39, 0.29) is 0 Å². The lowest BCUT2D eigenvalue weighted by Crippen LogP contribution is -2.64. The van der Waals surface area contributed by atoms with Gasteiger partial charge in [0.05, 0.1) is 0 Å². The second-order valence-corrected chi connectivity index (χ2v) is 2.37. The molecule has 0 radical (unpaired) electrons. The fourth-order valence-electron chi connectivity index (χ4n) is 0.627. The fourth-order valence-corrected chi connectivity index (χ4v) is 0.627.